The lowest BCUT2D eigenvalue weighted by Crippen LogP contribution is -2.41. The van der Waals surface area contributed by atoms with Crippen LogP contribution in [0.25, 0.3) is 10.2 Å². The lowest BCUT2D eigenvalue weighted by atomic mass is 10.2. The van der Waals surface area contributed by atoms with Crippen molar-refractivity contribution in [2.75, 3.05) is 19.4 Å². The van der Waals surface area contributed by atoms with Gasteiger partial charge in [0.2, 0.25) is 5.82 Å². The average molecular weight is 365 g/mol. The van der Waals surface area contributed by atoms with Crippen molar-refractivity contribution < 1.29 is 14.3 Å². The van der Waals surface area contributed by atoms with Crippen LogP contribution < -0.4 is 5.56 Å². The second-order valence-corrected chi connectivity index (χ2v) is 7.97. The van der Waals surface area contributed by atoms with Crippen molar-refractivity contribution in [2.24, 2.45) is 0 Å². The van der Waals surface area contributed by atoms with Gasteiger partial charge in [0, 0.05) is 17.2 Å². The number of aromatic amines is 1. The minimum atomic E-state index is -0.683. The Bertz CT molecular complexity index is 904. The zero-order chi connectivity index (χ0) is 16.8. The number of methoxy groups -OCH3 is 1. The van der Waals surface area contributed by atoms with E-state index in [2.05, 4.69) is 9.97 Å². The molecule has 0 bridgehead atoms. The van der Waals surface area contributed by atoms with Crippen LogP contribution in [-0.2, 0) is 22.4 Å². The summed E-state index contributed by atoms with van der Waals surface area (Å²) in [5.41, 5.74) is 0.802. The number of rotatable bonds is 2. The topological polar surface area (TPSA) is 92.4 Å². The third kappa shape index (κ3) is 2.34. The first-order valence-corrected chi connectivity index (χ1v) is 9.51. The number of aryl methyl sites for hydroxylation is 2. The first-order valence-electron chi connectivity index (χ1n) is 7.65. The van der Waals surface area contributed by atoms with Crippen molar-refractivity contribution in [2.45, 2.75) is 24.6 Å². The maximum absolute atomic E-state index is 12.7. The van der Waals surface area contributed by atoms with E-state index in [0.717, 1.165) is 24.8 Å². The monoisotopic (exact) mass is 365 g/mol. The van der Waals surface area contributed by atoms with E-state index < -0.39 is 17.3 Å². The summed E-state index contributed by atoms with van der Waals surface area (Å²) in [5, 5.41) is -0.0683. The molecule has 0 spiro atoms. The molecule has 2 aromatic heterocycles. The number of thiophene rings is 1. The number of hydrogen-bond acceptors (Lipinski definition) is 7. The molecule has 1 fully saturated rings. The molecule has 4 rings (SSSR count). The molecule has 0 saturated carbocycles. The van der Waals surface area contributed by atoms with Gasteiger partial charge in [0.25, 0.3) is 11.5 Å². The Labute approximate surface area is 145 Å². The van der Waals surface area contributed by atoms with Crippen LogP contribution in [0, 0.1) is 0 Å². The van der Waals surface area contributed by atoms with Gasteiger partial charge in [0.05, 0.1) is 12.5 Å². The summed E-state index contributed by atoms with van der Waals surface area (Å²) < 4.78 is 4.74. The predicted octanol–water partition coefficient (Wildman–Crippen LogP) is 1.16. The third-order valence-corrected chi connectivity index (χ3v) is 6.70. The third-order valence-electron chi connectivity index (χ3n) is 4.33. The molecule has 1 aliphatic carbocycles. The molecule has 1 saturated heterocycles. The largest absolute Gasteiger partial charge is 0.467 e. The smallest absolute Gasteiger partial charge is 0.339 e. The van der Waals surface area contributed by atoms with Crippen LogP contribution in [0.3, 0.4) is 0 Å². The summed E-state index contributed by atoms with van der Waals surface area (Å²) in [6.07, 6.45) is 2.91. The van der Waals surface area contributed by atoms with Crippen molar-refractivity contribution in [3.63, 3.8) is 0 Å². The molecule has 24 heavy (non-hydrogen) atoms. The number of hydrogen-bond donors (Lipinski definition) is 1. The van der Waals surface area contributed by atoms with E-state index in [9.17, 15) is 14.4 Å². The minimum absolute atomic E-state index is 0.0103. The molecule has 0 aromatic carbocycles. The Morgan fingerprint density at radius 2 is 2.21 bits per heavy atom. The summed E-state index contributed by atoms with van der Waals surface area (Å²) in [7, 11) is 1.29. The van der Waals surface area contributed by atoms with Crippen LogP contribution in [0.4, 0.5) is 0 Å². The standard InChI is InChI=1S/C15H15N3O4S2/c1-22-15(21)14-18(5-6-23-14)13(20)10-16-11(19)9-7-3-2-4-8(7)24-12(9)17-10/h14H,2-6H2,1H3,(H,16,17,19). The van der Waals surface area contributed by atoms with Crippen LogP contribution in [0.2, 0.25) is 0 Å². The average Bonchev–Trinajstić information content (AvgIpc) is 3.27. The number of amides is 1. The fraction of sp³-hybridized carbons (Fsp3) is 0.467. The Morgan fingerprint density at radius 1 is 1.38 bits per heavy atom. The van der Waals surface area contributed by atoms with Crippen LogP contribution in [0.1, 0.15) is 27.5 Å². The van der Waals surface area contributed by atoms with Gasteiger partial charge in [-0.25, -0.2) is 9.78 Å². The van der Waals surface area contributed by atoms with Gasteiger partial charge in [-0.15, -0.1) is 23.1 Å². The van der Waals surface area contributed by atoms with Crippen molar-refractivity contribution >= 4 is 45.2 Å². The van der Waals surface area contributed by atoms with Gasteiger partial charge in [-0.1, -0.05) is 0 Å². The van der Waals surface area contributed by atoms with Gasteiger partial charge in [0.1, 0.15) is 4.83 Å². The van der Waals surface area contributed by atoms with E-state index in [1.807, 2.05) is 0 Å². The number of H-pyrrole nitrogens is 1. The second kappa shape index (κ2) is 5.89. The molecular weight excluding hydrogens is 350 g/mol. The van der Waals surface area contributed by atoms with Gasteiger partial charge >= 0.3 is 5.97 Å². The maximum Gasteiger partial charge on any atom is 0.339 e. The van der Waals surface area contributed by atoms with Crippen molar-refractivity contribution in [1.82, 2.24) is 14.9 Å². The normalized spacial score (nSPS) is 19.7. The summed E-state index contributed by atoms with van der Waals surface area (Å²) in [5.74, 6) is -0.276. The Balaban J connectivity index is 1.73. The van der Waals surface area contributed by atoms with Crippen LogP contribution in [0.5, 0.6) is 0 Å². The molecule has 1 atom stereocenters. The maximum atomic E-state index is 12.7. The van der Waals surface area contributed by atoms with E-state index >= 15 is 0 Å². The highest BCUT2D eigenvalue weighted by Gasteiger charge is 2.37. The minimum Gasteiger partial charge on any atom is -0.467 e. The highest BCUT2D eigenvalue weighted by Crippen LogP contribution is 2.34. The molecule has 1 amide bonds. The molecule has 126 valence electrons. The summed E-state index contributed by atoms with van der Waals surface area (Å²) in [6, 6.07) is 0. The highest BCUT2D eigenvalue weighted by molar-refractivity contribution is 8.00. The van der Waals surface area contributed by atoms with Gasteiger partial charge in [0.15, 0.2) is 5.37 Å². The lowest BCUT2D eigenvalue weighted by Gasteiger charge is -2.20. The molecule has 1 aliphatic heterocycles. The first-order chi connectivity index (χ1) is 11.6. The number of carbonyl (C=O) groups excluding carboxylic acids is 2. The van der Waals surface area contributed by atoms with E-state index in [1.165, 1.54) is 40.0 Å². The molecule has 2 aliphatic rings. The molecule has 9 heteroatoms. The quantitative estimate of drug-likeness (QED) is 0.803. The Kier molecular flexibility index (Phi) is 3.84. The Hall–Kier alpha value is -1.87. The van der Waals surface area contributed by atoms with Crippen molar-refractivity contribution in [3.8, 4) is 0 Å². The van der Waals surface area contributed by atoms with Crippen LogP contribution in [-0.4, -0.2) is 51.5 Å². The van der Waals surface area contributed by atoms with E-state index in [1.54, 1.807) is 0 Å². The zero-order valence-corrected chi connectivity index (χ0v) is 14.6. The molecule has 0 radical (unpaired) electrons. The molecule has 1 N–H and O–H groups in total. The number of esters is 1. The van der Waals surface area contributed by atoms with Gasteiger partial charge < -0.3 is 14.6 Å². The highest BCUT2D eigenvalue weighted by atomic mass is 32.2. The Morgan fingerprint density at radius 3 is 3.00 bits per heavy atom. The fourth-order valence-corrected chi connectivity index (χ4v) is 5.61. The number of carbonyl (C=O) groups is 2. The summed E-state index contributed by atoms with van der Waals surface area (Å²) in [4.78, 5) is 47.2. The fourth-order valence-electron chi connectivity index (χ4n) is 3.21. The summed E-state index contributed by atoms with van der Waals surface area (Å²) in [6.45, 7) is 0.423. The molecule has 3 heterocycles. The van der Waals surface area contributed by atoms with E-state index in [-0.39, 0.29) is 11.4 Å². The van der Waals surface area contributed by atoms with Gasteiger partial charge in [-0.2, -0.15) is 0 Å². The molecule has 7 nitrogen and oxygen atoms in total. The van der Waals surface area contributed by atoms with Crippen molar-refractivity contribution in [1.29, 1.82) is 0 Å². The van der Waals surface area contributed by atoms with E-state index in [0.29, 0.717) is 22.5 Å². The first kappa shape index (κ1) is 15.6. The number of nitrogens with zero attached hydrogens (tertiary/aromatic N) is 2. The van der Waals surface area contributed by atoms with Crippen LogP contribution >= 0.6 is 23.1 Å². The molecule has 1 unspecified atom stereocenters. The SMILES string of the molecule is COC(=O)C1SCCN1C(=O)c1nc2sc3c(c2c(=O)[nH]1)CCC3. The second-order valence-electron chi connectivity index (χ2n) is 5.70. The number of thioether (sulfide) groups is 1. The summed E-state index contributed by atoms with van der Waals surface area (Å²) >= 11 is 2.83. The lowest BCUT2D eigenvalue weighted by molar-refractivity contribution is -0.142. The molecule has 2 aromatic rings. The van der Waals surface area contributed by atoms with Crippen molar-refractivity contribution in [3.05, 3.63) is 26.6 Å². The van der Waals surface area contributed by atoms with Crippen LogP contribution in [0.15, 0.2) is 4.79 Å². The van der Waals surface area contributed by atoms with E-state index in [4.69, 9.17) is 4.74 Å². The van der Waals surface area contributed by atoms with Gasteiger partial charge in [-0.3, -0.25) is 9.59 Å². The number of nitrogens with one attached hydrogen (secondary N) is 1. The number of fused-ring (bicyclic) bond motifs is 3. The molecular formula is C15H15N3O4S2. The number of aromatic nitrogens is 2. The zero-order valence-electron chi connectivity index (χ0n) is 13.0. The number of ether oxygens (including phenoxy) is 1. The predicted molar refractivity (Wildman–Crippen MR) is 91.6 cm³/mol. The van der Waals surface area contributed by atoms with Gasteiger partial charge in [-0.05, 0) is 24.8 Å².